The van der Waals surface area contributed by atoms with Crippen molar-refractivity contribution >= 4 is 23.9 Å². The number of carbonyl (C=O) groups is 4. The maximum atomic E-state index is 14.9. The Kier molecular flexibility index (Phi) is 9.27. The summed E-state index contributed by atoms with van der Waals surface area (Å²) in [5, 5.41) is 43.6. The molecule has 5 rings (SSSR count). The fourth-order valence-corrected chi connectivity index (χ4v) is 8.07. The van der Waals surface area contributed by atoms with Crippen LogP contribution in [0.2, 0.25) is 0 Å². The molecule has 2 saturated carbocycles. The van der Waals surface area contributed by atoms with Crippen molar-refractivity contribution in [2.75, 3.05) is 20.8 Å². The van der Waals surface area contributed by atoms with Gasteiger partial charge in [-0.15, -0.1) is 0 Å². The average Bonchev–Trinajstić information content (AvgIpc) is 3.00. The highest BCUT2D eigenvalue weighted by Crippen LogP contribution is 2.65. The molecule has 3 aliphatic carbocycles. The van der Waals surface area contributed by atoms with Gasteiger partial charge in [0.15, 0.2) is 17.5 Å². The van der Waals surface area contributed by atoms with Gasteiger partial charge in [-0.1, -0.05) is 32.0 Å². The van der Waals surface area contributed by atoms with Crippen molar-refractivity contribution in [2.24, 2.45) is 16.7 Å². The molecule has 46 heavy (non-hydrogen) atoms. The summed E-state index contributed by atoms with van der Waals surface area (Å²) >= 11 is 0. The first-order chi connectivity index (χ1) is 21.4. The van der Waals surface area contributed by atoms with Crippen LogP contribution in [0.15, 0.2) is 41.5 Å². The SMILES string of the molecule is CO.COC(=O)O[C@@]12CO[C@@H]1CC(O)[C@@]1(C)C(=O)[C@H](OC(C)=O)C3=C(C)[C@@](C)(O)C[C@@](O)([C@@H](OC(=O)c4ccccc4)C12)C3(C)C. The standard InChI is InChI=1S/C32H40O12.CH4O/c1-16-21-22(42-17(2)33)24(35)30(6)19(34)13-20-31(15-41-20,44-27(37)40-7)23(30)25(43-26(36)18-11-9-8-10-12-18)32(39,28(21,3)4)14-29(16,5)38;1-2/h8-12,19-20,22-23,25,34,38-39H,13-15H2,1-7H3;2H,1H3/t19?,20-,22-,23?,25+,29+,30-,31+,32-;/m1./s1. The zero-order valence-electron chi connectivity index (χ0n) is 27.4. The normalized spacial score (nSPS) is 39.0. The third-order valence-electron chi connectivity index (χ3n) is 10.7. The second-order valence-corrected chi connectivity index (χ2v) is 13.4. The lowest BCUT2D eigenvalue weighted by Gasteiger charge is -2.67. The highest BCUT2D eigenvalue weighted by atomic mass is 16.8. The van der Waals surface area contributed by atoms with Crippen LogP contribution in [0.3, 0.4) is 0 Å². The van der Waals surface area contributed by atoms with Crippen molar-refractivity contribution in [3.63, 3.8) is 0 Å². The number of hydrogen-bond donors (Lipinski definition) is 4. The molecule has 9 atom stereocenters. The van der Waals surface area contributed by atoms with Gasteiger partial charge in [-0.05, 0) is 44.1 Å². The van der Waals surface area contributed by atoms with Crippen LogP contribution in [0.25, 0.3) is 0 Å². The molecule has 13 heteroatoms. The van der Waals surface area contributed by atoms with Gasteiger partial charge in [0.05, 0.1) is 42.3 Å². The predicted octanol–water partition coefficient (Wildman–Crippen LogP) is 1.87. The number of esters is 2. The minimum Gasteiger partial charge on any atom is -0.455 e. The number of aliphatic hydroxyl groups is 4. The van der Waals surface area contributed by atoms with Gasteiger partial charge in [0.2, 0.25) is 0 Å². The van der Waals surface area contributed by atoms with Crippen molar-refractivity contribution in [3.8, 4) is 0 Å². The Morgan fingerprint density at radius 2 is 1.61 bits per heavy atom. The molecule has 1 aromatic rings. The Labute approximate surface area is 267 Å². The van der Waals surface area contributed by atoms with Gasteiger partial charge in [-0.25, -0.2) is 9.59 Å². The number of rotatable bonds is 4. The molecule has 3 fully saturated rings. The molecule has 1 saturated heterocycles. The molecule has 4 N–H and O–H groups in total. The van der Waals surface area contributed by atoms with Gasteiger partial charge in [0, 0.05) is 32.3 Å². The molecule has 1 aromatic carbocycles. The summed E-state index contributed by atoms with van der Waals surface area (Å²) in [5.74, 6) is -3.90. The van der Waals surface area contributed by atoms with E-state index >= 15 is 0 Å². The lowest BCUT2D eigenvalue weighted by Crippen LogP contribution is -2.82. The highest BCUT2D eigenvalue weighted by Gasteiger charge is 2.79. The molecule has 1 heterocycles. The molecule has 13 nitrogen and oxygen atoms in total. The van der Waals surface area contributed by atoms with E-state index in [-0.39, 0.29) is 29.7 Å². The summed E-state index contributed by atoms with van der Waals surface area (Å²) in [6, 6.07) is 7.99. The molecule has 0 aromatic heterocycles. The molecule has 0 amide bonds. The Hall–Kier alpha value is -3.36. The Morgan fingerprint density at radius 1 is 1.00 bits per heavy atom. The summed E-state index contributed by atoms with van der Waals surface area (Å²) in [4.78, 5) is 54.0. The molecule has 0 spiro atoms. The minimum absolute atomic E-state index is 0.124. The molecule has 2 unspecified atom stereocenters. The van der Waals surface area contributed by atoms with E-state index in [2.05, 4.69) is 0 Å². The number of ketones is 1. The number of benzene rings is 1. The summed E-state index contributed by atoms with van der Waals surface area (Å²) in [6.45, 7) is 8.52. The zero-order chi connectivity index (χ0) is 34.6. The second kappa shape index (κ2) is 12.0. The van der Waals surface area contributed by atoms with E-state index in [9.17, 15) is 34.5 Å². The number of Topliss-reactive ketones (excluding diaryl/α,β-unsaturated/α-hetero) is 1. The number of ether oxygens (including phenoxy) is 5. The minimum atomic E-state index is -2.19. The fourth-order valence-electron chi connectivity index (χ4n) is 8.07. The Bertz CT molecular complexity index is 1420. The van der Waals surface area contributed by atoms with Crippen LogP contribution in [-0.2, 0) is 33.3 Å². The summed E-state index contributed by atoms with van der Waals surface area (Å²) < 4.78 is 28.4. The summed E-state index contributed by atoms with van der Waals surface area (Å²) in [7, 11) is 2.10. The van der Waals surface area contributed by atoms with Crippen molar-refractivity contribution in [1.82, 2.24) is 0 Å². The van der Waals surface area contributed by atoms with Crippen LogP contribution in [0, 0.1) is 16.7 Å². The monoisotopic (exact) mass is 648 g/mol. The first-order valence-electron chi connectivity index (χ1n) is 15.0. The van der Waals surface area contributed by atoms with E-state index in [0.29, 0.717) is 0 Å². The number of carbonyl (C=O) groups excluding carboxylic acids is 4. The second-order valence-electron chi connectivity index (χ2n) is 13.4. The number of methoxy groups -OCH3 is 1. The summed E-state index contributed by atoms with van der Waals surface area (Å²) in [5.41, 5.74) is -8.59. The van der Waals surface area contributed by atoms with Gasteiger partial charge >= 0.3 is 18.1 Å². The molecular weight excluding hydrogens is 604 g/mol. The van der Waals surface area contributed by atoms with Crippen LogP contribution in [0.1, 0.15) is 64.7 Å². The van der Waals surface area contributed by atoms with E-state index < -0.39 is 88.3 Å². The maximum absolute atomic E-state index is 14.9. The van der Waals surface area contributed by atoms with Crippen molar-refractivity contribution in [2.45, 2.75) is 95.6 Å². The molecule has 2 bridgehead atoms. The van der Waals surface area contributed by atoms with Gasteiger partial charge in [0.1, 0.15) is 17.8 Å². The first-order valence-corrected chi connectivity index (χ1v) is 15.0. The van der Waals surface area contributed by atoms with Gasteiger partial charge in [-0.2, -0.15) is 0 Å². The number of hydrogen-bond acceptors (Lipinski definition) is 13. The van der Waals surface area contributed by atoms with Gasteiger partial charge in [-0.3, -0.25) is 9.59 Å². The molecule has 4 aliphatic rings. The Morgan fingerprint density at radius 3 is 2.13 bits per heavy atom. The van der Waals surface area contributed by atoms with Crippen LogP contribution < -0.4 is 0 Å². The number of aliphatic hydroxyl groups excluding tert-OH is 2. The third kappa shape index (κ3) is 5.03. The van der Waals surface area contributed by atoms with E-state index in [1.165, 1.54) is 26.0 Å². The zero-order valence-corrected chi connectivity index (χ0v) is 27.4. The average molecular weight is 649 g/mol. The van der Waals surface area contributed by atoms with Crippen LogP contribution in [0.5, 0.6) is 0 Å². The van der Waals surface area contributed by atoms with Gasteiger partial charge in [0.25, 0.3) is 0 Å². The lowest BCUT2D eigenvalue weighted by molar-refractivity contribution is -0.345. The highest BCUT2D eigenvalue weighted by molar-refractivity contribution is 5.95. The quantitative estimate of drug-likeness (QED) is 0.210. The molecular formula is C33H44O13. The van der Waals surface area contributed by atoms with Crippen LogP contribution in [0.4, 0.5) is 4.79 Å². The lowest BCUT2D eigenvalue weighted by atomic mass is 9.44. The molecule has 254 valence electrons. The molecule has 1 aliphatic heterocycles. The fraction of sp³-hybridized carbons (Fsp3) is 0.636. The van der Waals surface area contributed by atoms with E-state index in [0.717, 1.165) is 21.1 Å². The smallest absolute Gasteiger partial charge is 0.455 e. The topological polar surface area (TPSA) is 195 Å². The maximum Gasteiger partial charge on any atom is 0.508 e. The predicted molar refractivity (Wildman–Crippen MR) is 159 cm³/mol. The van der Waals surface area contributed by atoms with Gasteiger partial charge < -0.3 is 44.1 Å². The summed E-state index contributed by atoms with van der Waals surface area (Å²) in [6.07, 6.45) is -7.46. The number of fused-ring (bicyclic) bond motifs is 5. The molecule has 0 radical (unpaired) electrons. The van der Waals surface area contributed by atoms with E-state index in [4.69, 9.17) is 28.8 Å². The van der Waals surface area contributed by atoms with Crippen molar-refractivity contribution in [1.29, 1.82) is 0 Å². The van der Waals surface area contributed by atoms with E-state index in [1.54, 1.807) is 39.0 Å². The van der Waals surface area contributed by atoms with Crippen LogP contribution >= 0.6 is 0 Å². The Balaban J connectivity index is 0.00000235. The largest absolute Gasteiger partial charge is 0.508 e. The first kappa shape index (κ1) is 35.5. The van der Waals surface area contributed by atoms with E-state index in [1.807, 2.05) is 0 Å². The van der Waals surface area contributed by atoms with Crippen LogP contribution in [-0.4, -0.2) is 106 Å². The third-order valence-corrected chi connectivity index (χ3v) is 10.7. The van der Waals surface area contributed by atoms with Crippen molar-refractivity contribution in [3.05, 3.63) is 47.0 Å². The van der Waals surface area contributed by atoms with Crippen molar-refractivity contribution < 1.29 is 63.3 Å².